The predicted octanol–water partition coefficient (Wildman–Crippen LogP) is 3.14. The molecule has 82 valence electrons. The molecule has 0 aliphatic rings. The summed E-state index contributed by atoms with van der Waals surface area (Å²) >= 11 is 0. The van der Waals surface area contributed by atoms with E-state index in [2.05, 4.69) is 0 Å². The average Bonchev–Trinajstić information content (AvgIpc) is 2.16. The first-order chi connectivity index (χ1) is 6.97. The highest BCUT2D eigenvalue weighted by molar-refractivity contribution is 5.96. The minimum absolute atomic E-state index is 0.0208. The number of methoxy groups -OCH3 is 1. The number of aryl methyl sites for hydroxylation is 1. The molecule has 0 aliphatic carbocycles. The summed E-state index contributed by atoms with van der Waals surface area (Å²) in [6.07, 6.45) is -2.64. The lowest BCUT2D eigenvalue weighted by molar-refractivity contribution is 0.0998. The molecule has 0 unspecified atom stereocenters. The van der Waals surface area contributed by atoms with E-state index in [-0.39, 0.29) is 16.9 Å². The zero-order valence-electron chi connectivity index (χ0n) is 8.80. The summed E-state index contributed by atoms with van der Waals surface area (Å²) in [5, 5.41) is 0. The van der Waals surface area contributed by atoms with E-state index in [4.69, 9.17) is 4.74 Å². The van der Waals surface area contributed by atoms with Crippen LogP contribution in [0, 0.1) is 6.92 Å². The van der Waals surface area contributed by atoms with Crippen molar-refractivity contribution in [3.8, 4) is 5.75 Å². The smallest absolute Gasteiger partial charge is 0.264 e. The SMILES string of the molecule is COc1cc(C(C)=O)c(C(F)F)cc1C. The standard InChI is InChI=1S/C11H12F2O2/c1-6-4-9(11(12)13)8(7(2)14)5-10(6)15-3/h4-5,11H,1-3H3. The van der Waals surface area contributed by atoms with Crippen molar-refractivity contribution < 1.29 is 18.3 Å². The van der Waals surface area contributed by atoms with Gasteiger partial charge in [-0.15, -0.1) is 0 Å². The Bertz CT molecular complexity index is 386. The van der Waals surface area contributed by atoms with E-state index >= 15 is 0 Å². The molecule has 4 heteroatoms. The van der Waals surface area contributed by atoms with E-state index in [9.17, 15) is 13.6 Å². The van der Waals surface area contributed by atoms with Crippen LogP contribution in [0.4, 0.5) is 8.78 Å². The molecule has 0 aliphatic heterocycles. The first-order valence-corrected chi connectivity index (χ1v) is 4.45. The van der Waals surface area contributed by atoms with Gasteiger partial charge >= 0.3 is 0 Å². The molecular weight excluding hydrogens is 202 g/mol. The van der Waals surface area contributed by atoms with Gasteiger partial charge in [0.05, 0.1) is 7.11 Å². The summed E-state index contributed by atoms with van der Waals surface area (Å²) in [7, 11) is 1.44. The van der Waals surface area contributed by atoms with Gasteiger partial charge in [0, 0.05) is 11.1 Å². The second-order valence-corrected chi connectivity index (χ2v) is 3.27. The predicted molar refractivity (Wildman–Crippen MR) is 52.7 cm³/mol. The number of ether oxygens (including phenoxy) is 1. The zero-order valence-corrected chi connectivity index (χ0v) is 8.80. The van der Waals surface area contributed by atoms with E-state index in [0.29, 0.717) is 11.3 Å². The van der Waals surface area contributed by atoms with Crippen molar-refractivity contribution in [2.45, 2.75) is 20.3 Å². The summed E-state index contributed by atoms with van der Waals surface area (Å²) in [5.41, 5.74) is 0.381. The van der Waals surface area contributed by atoms with Crippen LogP contribution >= 0.6 is 0 Å². The van der Waals surface area contributed by atoms with Gasteiger partial charge in [-0.25, -0.2) is 8.78 Å². The van der Waals surface area contributed by atoms with Crippen LogP contribution in [-0.2, 0) is 0 Å². The van der Waals surface area contributed by atoms with Gasteiger partial charge in [0.2, 0.25) is 0 Å². The van der Waals surface area contributed by atoms with Gasteiger partial charge < -0.3 is 4.74 Å². The van der Waals surface area contributed by atoms with Gasteiger partial charge in [0.25, 0.3) is 6.43 Å². The lowest BCUT2D eigenvalue weighted by atomic mass is 10.0. The number of Topliss-reactive ketones (excluding diaryl/α,β-unsaturated/α-hetero) is 1. The molecule has 0 saturated carbocycles. The lowest BCUT2D eigenvalue weighted by Crippen LogP contribution is -2.02. The van der Waals surface area contributed by atoms with E-state index in [1.165, 1.54) is 26.2 Å². The molecule has 1 aromatic carbocycles. The number of hydrogen-bond acceptors (Lipinski definition) is 2. The van der Waals surface area contributed by atoms with Crippen LogP contribution in [0.3, 0.4) is 0 Å². The highest BCUT2D eigenvalue weighted by Gasteiger charge is 2.18. The molecule has 0 bridgehead atoms. The molecule has 1 aromatic rings. The molecule has 0 aromatic heterocycles. The maximum absolute atomic E-state index is 12.6. The van der Waals surface area contributed by atoms with Crippen LogP contribution in [0.15, 0.2) is 12.1 Å². The molecule has 0 amide bonds. The number of carbonyl (C=O) groups excluding carboxylic acids is 1. The molecule has 15 heavy (non-hydrogen) atoms. The monoisotopic (exact) mass is 214 g/mol. The lowest BCUT2D eigenvalue weighted by Gasteiger charge is -2.11. The number of rotatable bonds is 3. The Morgan fingerprint density at radius 3 is 2.40 bits per heavy atom. The van der Waals surface area contributed by atoms with E-state index < -0.39 is 6.43 Å². The topological polar surface area (TPSA) is 26.3 Å². The number of ketones is 1. The molecular formula is C11H12F2O2. The van der Waals surface area contributed by atoms with E-state index in [0.717, 1.165) is 0 Å². The summed E-state index contributed by atoms with van der Waals surface area (Å²) in [4.78, 5) is 11.2. The molecule has 0 fully saturated rings. The van der Waals surface area contributed by atoms with Crippen LogP contribution < -0.4 is 4.74 Å². The molecule has 1 rings (SSSR count). The van der Waals surface area contributed by atoms with Crippen LogP contribution in [-0.4, -0.2) is 12.9 Å². The molecule has 0 radical (unpaired) electrons. The Kier molecular flexibility index (Phi) is 3.39. The highest BCUT2D eigenvalue weighted by Crippen LogP contribution is 2.29. The molecule has 0 atom stereocenters. The number of benzene rings is 1. The Labute approximate surface area is 86.9 Å². The summed E-state index contributed by atoms with van der Waals surface area (Å²) < 4.78 is 30.2. The normalized spacial score (nSPS) is 10.5. The van der Waals surface area contributed by atoms with Crippen molar-refractivity contribution in [3.05, 3.63) is 28.8 Å². The van der Waals surface area contributed by atoms with Crippen molar-refractivity contribution in [1.29, 1.82) is 0 Å². The van der Waals surface area contributed by atoms with Gasteiger partial charge in [0.1, 0.15) is 5.75 Å². The van der Waals surface area contributed by atoms with Crippen molar-refractivity contribution in [2.75, 3.05) is 7.11 Å². The quantitative estimate of drug-likeness (QED) is 0.722. The second kappa shape index (κ2) is 4.38. The third kappa shape index (κ3) is 2.32. The summed E-state index contributed by atoms with van der Waals surface area (Å²) in [5.74, 6) is 0.0631. The van der Waals surface area contributed by atoms with Crippen molar-refractivity contribution >= 4 is 5.78 Å². The van der Waals surface area contributed by atoms with Gasteiger partial charge in [0.15, 0.2) is 5.78 Å². The van der Waals surface area contributed by atoms with Crippen LogP contribution in [0.1, 0.15) is 34.8 Å². The molecule has 0 saturated heterocycles. The zero-order chi connectivity index (χ0) is 11.6. The molecule has 0 spiro atoms. The van der Waals surface area contributed by atoms with E-state index in [1.807, 2.05) is 0 Å². The molecule has 0 N–H and O–H groups in total. The first kappa shape index (κ1) is 11.6. The first-order valence-electron chi connectivity index (χ1n) is 4.45. The number of hydrogen-bond donors (Lipinski definition) is 0. The van der Waals surface area contributed by atoms with Crippen molar-refractivity contribution in [2.24, 2.45) is 0 Å². The Morgan fingerprint density at radius 1 is 1.40 bits per heavy atom. The fraction of sp³-hybridized carbons (Fsp3) is 0.364. The largest absolute Gasteiger partial charge is 0.496 e. The third-order valence-corrected chi connectivity index (χ3v) is 2.18. The average molecular weight is 214 g/mol. The Morgan fingerprint density at radius 2 is 2.00 bits per heavy atom. The summed E-state index contributed by atoms with van der Waals surface area (Å²) in [6.45, 7) is 2.92. The number of alkyl halides is 2. The Hall–Kier alpha value is -1.45. The number of carbonyl (C=O) groups is 1. The van der Waals surface area contributed by atoms with Crippen LogP contribution in [0.2, 0.25) is 0 Å². The van der Waals surface area contributed by atoms with Gasteiger partial charge in [-0.05, 0) is 31.5 Å². The second-order valence-electron chi connectivity index (χ2n) is 3.27. The molecule has 0 heterocycles. The molecule has 2 nitrogen and oxygen atoms in total. The Balaban J connectivity index is 3.39. The maximum Gasteiger partial charge on any atom is 0.264 e. The minimum atomic E-state index is -2.64. The fourth-order valence-corrected chi connectivity index (χ4v) is 1.42. The third-order valence-electron chi connectivity index (χ3n) is 2.18. The van der Waals surface area contributed by atoms with E-state index in [1.54, 1.807) is 6.92 Å². The summed E-state index contributed by atoms with van der Waals surface area (Å²) in [6, 6.07) is 2.65. The minimum Gasteiger partial charge on any atom is -0.496 e. The van der Waals surface area contributed by atoms with Gasteiger partial charge in [-0.3, -0.25) is 4.79 Å². The van der Waals surface area contributed by atoms with Crippen LogP contribution in [0.25, 0.3) is 0 Å². The fourth-order valence-electron chi connectivity index (χ4n) is 1.42. The van der Waals surface area contributed by atoms with Crippen molar-refractivity contribution in [3.63, 3.8) is 0 Å². The van der Waals surface area contributed by atoms with Gasteiger partial charge in [-0.2, -0.15) is 0 Å². The number of halogens is 2. The van der Waals surface area contributed by atoms with Crippen molar-refractivity contribution in [1.82, 2.24) is 0 Å². The van der Waals surface area contributed by atoms with Gasteiger partial charge in [-0.1, -0.05) is 0 Å². The van der Waals surface area contributed by atoms with Crippen LogP contribution in [0.5, 0.6) is 5.75 Å². The maximum atomic E-state index is 12.6. The highest BCUT2D eigenvalue weighted by atomic mass is 19.3.